The lowest BCUT2D eigenvalue weighted by Gasteiger charge is -2.15. The molecule has 1 unspecified atom stereocenters. The normalized spacial score (nSPS) is 11.9. The Labute approximate surface area is 139 Å². The van der Waals surface area contributed by atoms with Crippen molar-refractivity contribution in [3.05, 3.63) is 72.2 Å². The second-order valence-corrected chi connectivity index (χ2v) is 5.26. The van der Waals surface area contributed by atoms with E-state index in [1.807, 2.05) is 30.3 Å². The summed E-state index contributed by atoms with van der Waals surface area (Å²) in [5.74, 6) is -0.143. The minimum absolute atomic E-state index is 0.0969. The van der Waals surface area contributed by atoms with Crippen LogP contribution in [0.4, 0.5) is 11.5 Å². The molecule has 0 saturated carbocycles. The lowest BCUT2D eigenvalue weighted by atomic mass is 10.1. The first-order valence-electron chi connectivity index (χ1n) is 7.50. The van der Waals surface area contributed by atoms with Gasteiger partial charge in [0.05, 0.1) is 23.5 Å². The van der Waals surface area contributed by atoms with E-state index in [1.165, 1.54) is 6.20 Å². The molecule has 7 nitrogen and oxygen atoms in total. The first-order valence-corrected chi connectivity index (χ1v) is 7.50. The molecule has 3 aromatic rings. The van der Waals surface area contributed by atoms with Crippen LogP contribution in [0.25, 0.3) is 0 Å². The van der Waals surface area contributed by atoms with E-state index in [9.17, 15) is 4.79 Å². The van der Waals surface area contributed by atoms with E-state index in [0.717, 1.165) is 5.56 Å². The molecule has 1 aromatic carbocycles. The van der Waals surface area contributed by atoms with Gasteiger partial charge in [-0.15, -0.1) is 0 Å². The SMILES string of the molecule is NCC(c1ccccc1)n1cc(NC(=O)c2cccnc2N)cn1. The quantitative estimate of drug-likeness (QED) is 0.661. The number of amides is 1. The van der Waals surface area contributed by atoms with Crippen molar-refractivity contribution < 1.29 is 4.79 Å². The zero-order valence-corrected chi connectivity index (χ0v) is 13.0. The Hall–Kier alpha value is -3.19. The maximum atomic E-state index is 12.3. The summed E-state index contributed by atoms with van der Waals surface area (Å²) in [6, 6.07) is 13.0. The van der Waals surface area contributed by atoms with Gasteiger partial charge < -0.3 is 16.8 Å². The molecule has 0 aliphatic rings. The van der Waals surface area contributed by atoms with E-state index in [4.69, 9.17) is 11.5 Å². The summed E-state index contributed by atoms with van der Waals surface area (Å²) in [5, 5.41) is 7.07. The molecule has 0 aliphatic carbocycles. The smallest absolute Gasteiger partial charge is 0.259 e. The minimum atomic E-state index is -0.329. The lowest BCUT2D eigenvalue weighted by molar-refractivity contribution is 0.102. The molecule has 122 valence electrons. The molecule has 24 heavy (non-hydrogen) atoms. The van der Waals surface area contributed by atoms with Crippen LogP contribution in [0.3, 0.4) is 0 Å². The molecule has 1 atom stereocenters. The second-order valence-electron chi connectivity index (χ2n) is 5.26. The van der Waals surface area contributed by atoms with Gasteiger partial charge in [0.1, 0.15) is 5.82 Å². The van der Waals surface area contributed by atoms with Crippen molar-refractivity contribution in [2.24, 2.45) is 5.73 Å². The molecular formula is C17H18N6O. The van der Waals surface area contributed by atoms with Crippen LogP contribution in [0.2, 0.25) is 0 Å². The van der Waals surface area contributed by atoms with Gasteiger partial charge in [0.25, 0.3) is 5.91 Å². The molecule has 5 N–H and O–H groups in total. The van der Waals surface area contributed by atoms with Crippen LogP contribution in [-0.2, 0) is 0 Å². The van der Waals surface area contributed by atoms with Gasteiger partial charge in [-0.3, -0.25) is 9.48 Å². The van der Waals surface area contributed by atoms with Gasteiger partial charge in [-0.2, -0.15) is 5.10 Å². The maximum Gasteiger partial charge on any atom is 0.259 e. The van der Waals surface area contributed by atoms with E-state index in [1.54, 1.807) is 29.2 Å². The Morgan fingerprint density at radius 1 is 1.21 bits per heavy atom. The molecule has 3 rings (SSSR count). The van der Waals surface area contributed by atoms with E-state index in [-0.39, 0.29) is 17.8 Å². The highest BCUT2D eigenvalue weighted by molar-refractivity contribution is 6.07. The molecule has 7 heteroatoms. The van der Waals surface area contributed by atoms with Crippen molar-refractivity contribution in [2.45, 2.75) is 6.04 Å². The predicted molar refractivity (Wildman–Crippen MR) is 92.5 cm³/mol. The zero-order chi connectivity index (χ0) is 16.9. The van der Waals surface area contributed by atoms with Gasteiger partial charge in [0.2, 0.25) is 0 Å². The summed E-state index contributed by atoms with van der Waals surface area (Å²) in [7, 11) is 0. The fourth-order valence-electron chi connectivity index (χ4n) is 2.45. The predicted octanol–water partition coefficient (Wildman–Crippen LogP) is 1.66. The van der Waals surface area contributed by atoms with Crippen LogP contribution >= 0.6 is 0 Å². The van der Waals surface area contributed by atoms with Crippen molar-refractivity contribution in [3.8, 4) is 0 Å². The van der Waals surface area contributed by atoms with Crippen LogP contribution in [0.1, 0.15) is 22.0 Å². The first kappa shape index (κ1) is 15.7. The molecule has 0 bridgehead atoms. The minimum Gasteiger partial charge on any atom is -0.383 e. The number of carbonyl (C=O) groups is 1. The second kappa shape index (κ2) is 6.93. The van der Waals surface area contributed by atoms with E-state index in [0.29, 0.717) is 17.8 Å². The number of nitrogens with two attached hydrogens (primary N) is 2. The molecule has 0 saturated heterocycles. The third-order valence-corrected chi connectivity index (χ3v) is 3.67. The molecular weight excluding hydrogens is 304 g/mol. The number of rotatable bonds is 5. The molecule has 2 aromatic heterocycles. The topological polar surface area (TPSA) is 112 Å². The van der Waals surface area contributed by atoms with Crippen LogP contribution in [0, 0.1) is 0 Å². The maximum absolute atomic E-state index is 12.3. The third-order valence-electron chi connectivity index (χ3n) is 3.67. The van der Waals surface area contributed by atoms with Gasteiger partial charge in [-0.25, -0.2) is 4.98 Å². The number of nitrogens with zero attached hydrogens (tertiary/aromatic N) is 3. The monoisotopic (exact) mass is 322 g/mol. The fraction of sp³-hybridized carbons (Fsp3) is 0.118. The van der Waals surface area contributed by atoms with Crippen molar-refractivity contribution in [3.63, 3.8) is 0 Å². The number of nitrogen functional groups attached to an aromatic ring is 1. The number of aromatic nitrogens is 3. The molecule has 2 heterocycles. The number of anilines is 2. The van der Waals surface area contributed by atoms with Gasteiger partial charge in [-0.1, -0.05) is 30.3 Å². The summed E-state index contributed by atoms with van der Waals surface area (Å²) in [6.07, 6.45) is 4.86. The number of hydrogen-bond acceptors (Lipinski definition) is 5. The Morgan fingerprint density at radius 2 is 2.00 bits per heavy atom. The van der Waals surface area contributed by atoms with Crippen LogP contribution < -0.4 is 16.8 Å². The fourth-order valence-corrected chi connectivity index (χ4v) is 2.45. The van der Waals surface area contributed by atoms with Gasteiger partial charge in [0.15, 0.2) is 0 Å². The van der Waals surface area contributed by atoms with Crippen molar-refractivity contribution >= 4 is 17.4 Å². The van der Waals surface area contributed by atoms with Crippen LogP contribution in [0.15, 0.2) is 61.1 Å². The van der Waals surface area contributed by atoms with Gasteiger partial charge in [-0.05, 0) is 17.7 Å². The van der Waals surface area contributed by atoms with Crippen LogP contribution in [-0.4, -0.2) is 27.2 Å². The van der Waals surface area contributed by atoms with Crippen molar-refractivity contribution in [2.75, 3.05) is 17.6 Å². The number of hydrogen-bond donors (Lipinski definition) is 3. The molecule has 1 amide bonds. The van der Waals surface area contributed by atoms with Crippen LogP contribution in [0.5, 0.6) is 0 Å². The van der Waals surface area contributed by atoms with Crippen molar-refractivity contribution in [1.82, 2.24) is 14.8 Å². The molecule has 0 radical (unpaired) electrons. The Balaban J connectivity index is 1.78. The van der Waals surface area contributed by atoms with Gasteiger partial charge in [0, 0.05) is 18.9 Å². The van der Waals surface area contributed by atoms with E-state index < -0.39 is 0 Å². The first-order chi connectivity index (χ1) is 11.7. The van der Waals surface area contributed by atoms with Gasteiger partial charge >= 0.3 is 0 Å². The standard InChI is InChI=1S/C17H18N6O/c18-9-15(12-5-2-1-3-6-12)23-11-13(10-21-23)22-17(24)14-7-4-8-20-16(14)19/h1-8,10-11,15H,9,18H2,(H2,19,20)(H,22,24). The molecule has 0 spiro atoms. The Morgan fingerprint density at radius 3 is 2.71 bits per heavy atom. The highest BCUT2D eigenvalue weighted by Crippen LogP contribution is 2.19. The van der Waals surface area contributed by atoms with E-state index >= 15 is 0 Å². The Kier molecular flexibility index (Phi) is 4.53. The number of carbonyl (C=O) groups excluding carboxylic acids is 1. The summed E-state index contributed by atoms with van der Waals surface area (Å²) < 4.78 is 1.73. The number of nitrogens with one attached hydrogen (secondary N) is 1. The summed E-state index contributed by atoms with van der Waals surface area (Å²) in [4.78, 5) is 16.2. The van der Waals surface area contributed by atoms with Crippen molar-refractivity contribution in [1.29, 1.82) is 0 Å². The average Bonchev–Trinajstić information content (AvgIpc) is 3.05. The largest absolute Gasteiger partial charge is 0.383 e. The highest BCUT2D eigenvalue weighted by atomic mass is 16.1. The lowest BCUT2D eigenvalue weighted by Crippen LogP contribution is -2.20. The summed E-state index contributed by atoms with van der Waals surface area (Å²) in [5.41, 5.74) is 13.5. The summed E-state index contributed by atoms with van der Waals surface area (Å²) in [6.45, 7) is 0.397. The average molecular weight is 322 g/mol. The zero-order valence-electron chi connectivity index (χ0n) is 13.0. The molecule has 0 aliphatic heterocycles. The molecule has 0 fully saturated rings. The number of pyridine rings is 1. The Bertz CT molecular complexity index is 830. The number of benzene rings is 1. The summed E-state index contributed by atoms with van der Waals surface area (Å²) >= 11 is 0. The third kappa shape index (κ3) is 3.26. The highest BCUT2D eigenvalue weighted by Gasteiger charge is 2.15. The van der Waals surface area contributed by atoms with E-state index in [2.05, 4.69) is 15.4 Å².